The van der Waals surface area contributed by atoms with E-state index in [9.17, 15) is 4.79 Å². The van der Waals surface area contributed by atoms with Gasteiger partial charge in [0.25, 0.3) is 0 Å². The second-order valence-electron chi connectivity index (χ2n) is 2.71. The lowest BCUT2D eigenvalue weighted by Gasteiger charge is -2.05. The molecule has 1 aliphatic rings. The van der Waals surface area contributed by atoms with Crippen molar-refractivity contribution in [3.8, 4) is 0 Å². The Bertz CT molecular complexity index is 289. The molecule has 1 amide bonds. The molecule has 1 fully saturated rings. The number of ether oxygens (including phenoxy) is 1. The number of carbonyl (C=O) groups excluding carboxylic acids is 1. The molecule has 0 aromatic heterocycles. The van der Waals surface area contributed by atoms with Crippen LogP contribution in [0.2, 0.25) is 0 Å². The average molecular weight is 165 g/mol. The Morgan fingerprint density at radius 1 is 1.42 bits per heavy atom. The quantitative estimate of drug-likeness (QED) is 0.688. The van der Waals surface area contributed by atoms with Crippen molar-refractivity contribution in [3.05, 3.63) is 35.9 Å². The molecule has 3 nitrogen and oxygen atoms in total. The monoisotopic (exact) mass is 165 g/mol. The Morgan fingerprint density at radius 2 is 2.17 bits per heavy atom. The van der Waals surface area contributed by atoms with Gasteiger partial charge < -0.3 is 10.1 Å². The lowest BCUT2D eigenvalue weighted by atomic mass is 10.1. The van der Waals surface area contributed by atoms with E-state index in [0.29, 0.717) is 6.61 Å². The fraction of sp³-hybridized carbons (Fsp3) is 0.222. The Balaban J connectivity index is 0.000000845. The van der Waals surface area contributed by atoms with E-state index >= 15 is 0 Å². The number of carbonyl (C=O) groups is 1. The van der Waals surface area contributed by atoms with E-state index in [4.69, 9.17) is 4.74 Å². The van der Waals surface area contributed by atoms with Crippen LogP contribution >= 0.6 is 0 Å². The van der Waals surface area contributed by atoms with E-state index < -0.39 is 0 Å². The number of cyclic esters (lactones) is 1. The summed E-state index contributed by atoms with van der Waals surface area (Å²) in [6, 6.07) is 9.80. The predicted molar refractivity (Wildman–Crippen MR) is 45.8 cm³/mol. The number of nitrogens with one attached hydrogen (secondary N) is 1. The van der Waals surface area contributed by atoms with Gasteiger partial charge in [-0.3, -0.25) is 0 Å². The van der Waals surface area contributed by atoms with Crippen molar-refractivity contribution in [1.29, 1.82) is 0 Å². The molecular weight excluding hydrogens is 154 g/mol. The van der Waals surface area contributed by atoms with Gasteiger partial charge in [0.05, 0.1) is 6.04 Å². The van der Waals surface area contributed by atoms with Gasteiger partial charge in [-0.2, -0.15) is 0 Å². The Morgan fingerprint density at radius 3 is 2.75 bits per heavy atom. The van der Waals surface area contributed by atoms with E-state index in [2.05, 4.69) is 5.32 Å². The zero-order valence-corrected chi connectivity index (χ0v) is 6.49. The molecule has 0 radical (unpaired) electrons. The van der Waals surface area contributed by atoms with E-state index in [1.54, 1.807) is 0 Å². The number of amides is 1. The highest BCUT2D eigenvalue weighted by Gasteiger charge is 2.22. The van der Waals surface area contributed by atoms with Crippen LogP contribution in [0.25, 0.3) is 0 Å². The molecule has 3 heteroatoms. The largest absolute Gasteiger partial charge is 0.447 e. The van der Waals surface area contributed by atoms with E-state index in [-0.39, 0.29) is 13.6 Å². The van der Waals surface area contributed by atoms with E-state index in [0.717, 1.165) is 5.56 Å². The zero-order chi connectivity index (χ0) is 8.39. The molecule has 1 saturated heterocycles. The number of hydrogen-bond donors (Lipinski definition) is 1. The van der Waals surface area contributed by atoms with Gasteiger partial charge in [0, 0.05) is 1.43 Å². The van der Waals surface area contributed by atoms with E-state index in [1.165, 1.54) is 0 Å². The first kappa shape index (κ1) is 7.16. The number of hydrogen-bond acceptors (Lipinski definition) is 2. The third kappa shape index (κ3) is 1.25. The normalized spacial score (nSPS) is 21.7. The average Bonchev–Trinajstić information content (AvgIpc) is 2.54. The van der Waals surface area contributed by atoms with Crippen LogP contribution < -0.4 is 5.32 Å². The first-order valence-electron chi connectivity index (χ1n) is 3.84. The summed E-state index contributed by atoms with van der Waals surface area (Å²) in [5.41, 5.74) is 1.09. The van der Waals surface area contributed by atoms with Crippen LogP contribution in [0.15, 0.2) is 30.3 Å². The molecular formula is C9H11NO2. The number of benzene rings is 1. The summed E-state index contributed by atoms with van der Waals surface area (Å²) in [7, 11) is 0. The van der Waals surface area contributed by atoms with Gasteiger partial charge in [-0.15, -0.1) is 0 Å². The lowest BCUT2D eigenvalue weighted by molar-refractivity contribution is 0.177. The molecule has 2 rings (SSSR count). The fourth-order valence-electron chi connectivity index (χ4n) is 1.25. The Hall–Kier alpha value is -1.51. The second-order valence-corrected chi connectivity index (χ2v) is 2.71. The number of rotatable bonds is 1. The first-order valence-corrected chi connectivity index (χ1v) is 3.84. The van der Waals surface area contributed by atoms with Gasteiger partial charge in [0.2, 0.25) is 0 Å². The van der Waals surface area contributed by atoms with Gasteiger partial charge in [-0.1, -0.05) is 30.3 Å². The van der Waals surface area contributed by atoms with Crippen molar-refractivity contribution >= 4 is 6.09 Å². The molecule has 1 aliphatic heterocycles. The summed E-state index contributed by atoms with van der Waals surface area (Å²) in [5.74, 6) is 0. The summed E-state index contributed by atoms with van der Waals surface area (Å²) < 4.78 is 4.77. The molecule has 1 aromatic rings. The minimum Gasteiger partial charge on any atom is -0.447 e. The van der Waals surface area contributed by atoms with Crippen LogP contribution in [0.5, 0.6) is 0 Å². The smallest absolute Gasteiger partial charge is 0.407 e. The molecule has 0 spiro atoms. The van der Waals surface area contributed by atoms with Crippen molar-refractivity contribution < 1.29 is 11.0 Å². The fourth-order valence-corrected chi connectivity index (χ4v) is 1.25. The molecule has 0 unspecified atom stereocenters. The highest BCUT2D eigenvalue weighted by atomic mass is 16.6. The molecule has 1 N–H and O–H groups in total. The highest BCUT2D eigenvalue weighted by Crippen LogP contribution is 2.16. The van der Waals surface area contributed by atoms with Crippen LogP contribution in [-0.2, 0) is 4.74 Å². The minimum atomic E-state index is -0.330. The highest BCUT2D eigenvalue weighted by molar-refractivity contribution is 5.70. The summed E-state index contributed by atoms with van der Waals surface area (Å²) in [4.78, 5) is 10.7. The van der Waals surface area contributed by atoms with Crippen LogP contribution in [0.1, 0.15) is 13.0 Å². The third-order valence-electron chi connectivity index (χ3n) is 1.88. The third-order valence-corrected chi connectivity index (χ3v) is 1.88. The van der Waals surface area contributed by atoms with Crippen molar-refractivity contribution in [2.75, 3.05) is 6.61 Å². The Kier molecular flexibility index (Phi) is 1.70. The molecule has 0 saturated carbocycles. The van der Waals surface area contributed by atoms with Crippen LogP contribution in [0.4, 0.5) is 4.79 Å². The SMILES string of the molecule is O=C1N[C@@H](c2ccccc2)CO1.[HH]. The van der Waals surface area contributed by atoms with Crippen molar-refractivity contribution in [1.82, 2.24) is 5.32 Å². The van der Waals surface area contributed by atoms with Crippen molar-refractivity contribution in [2.24, 2.45) is 0 Å². The second kappa shape index (κ2) is 2.85. The molecule has 64 valence electrons. The van der Waals surface area contributed by atoms with Crippen molar-refractivity contribution in [3.63, 3.8) is 0 Å². The minimum absolute atomic E-state index is 0. The molecule has 0 bridgehead atoms. The van der Waals surface area contributed by atoms with Crippen LogP contribution in [-0.4, -0.2) is 12.7 Å². The van der Waals surface area contributed by atoms with Crippen LogP contribution in [0.3, 0.4) is 0 Å². The molecule has 0 aliphatic carbocycles. The molecule has 12 heavy (non-hydrogen) atoms. The van der Waals surface area contributed by atoms with Crippen LogP contribution in [0, 0.1) is 0 Å². The lowest BCUT2D eigenvalue weighted by Crippen LogP contribution is -2.17. The van der Waals surface area contributed by atoms with E-state index in [1.807, 2.05) is 30.3 Å². The van der Waals surface area contributed by atoms with Gasteiger partial charge in [-0.05, 0) is 5.56 Å². The van der Waals surface area contributed by atoms with Gasteiger partial charge in [-0.25, -0.2) is 4.79 Å². The van der Waals surface area contributed by atoms with Gasteiger partial charge in [0.15, 0.2) is 0 Å². The first-order chi connectivity index (χ1) is 5.86. The maximum Gasteiger partial charge on any atom is 0.407 e. The Labute approximate surface area is 71.8 Å². The standard InChI is InChI=1S/C9H9NO2.H2/c11-9-10-8(6-12-9)7-4-2-1-3-5-7;/h1-5,8H,6H2,(H,10,11);1H/t8-;/m1./s1. The molecule has 1 aromatic carbocycles. The maximum atomic E-state index is 10.7. The van der Waals surface area contributed by atoms with Crippen molar-refractivity contribution in [2.45, 2.75) is 6.04 Å². The maximum absolute atomic E-state index is 10.7. The number of alkyl carbamates (subject to hydrolysis) is 1. The molecule has 1 heterocycles. The summed E-state index contributed by atoms with van der Waals surface area (Å²) in [5, 5.41) is 2.71. The van der Waals surface area contributed by atoms with Gasteiger partial charge >= 0.3 is 6.09 Å². The van der Waals surface area contributed by atoms with Gasteiger partial charge in [0.1, 0.15) is 6.61 Å². The summed E-state index contributed by atoms with van der Waals surface area (Å²) in [6.07, 6.45) is -0.330. The summed E-state index contributed by atoms with van der Waals surface area (Å²) in [6.45, 7) is 0.433. The molecule has 1 atom stereocenters. The predicted octanol–water partition coefficient (Wildman–Crippen LogP) is 1.71. The topological polar surface area (TPSA) is 38.3 Å². The zero-order valence-electron chi connectivity index (χ0n) is 6.49. The summed E-state index contributed by atoms with van der Waals surface area (Å²) >= 11 is 0.